The van der Waals surface area contributed by atoms with Gasteiger partial charge in [-0.15, -0.1) is 12.4 Å². The van der Waals surface area contributed by atoms with Gasteiger partial charge in [-0.25, -0.2) is 0 Å². The molecular weight excluding hydrogens is 254 g/mol. The summed E-state index contributed by atoms with van der Waals surface area (Å²) in [5.41, 5.74) is 0. The van der Waals surface area contributed by atoms with E-state index in [-0.39, 0.29) is 19.0 Å². The third-order valence-corrected chi connectivity index (χ3v) is 2.26. The van der Waals surface area contributed by atoms with Gasteiger partial charge in [0, 0.05) is 12.6 Å². The van der Waals surface area contributed by atoms with Crippen LogP contribution in [0.5, 0.6) is 11.5 Å². The molecule has 0 unspecified atom stereocenters. The molecule has 1 aromatic carbocycles. The van der Waals surface area contributed by atoms with Gasteiger partial charge in [-0.2, -0.15) is 0 Å². The Balaban J connectivity index is 0.00000289. The molecule has 2 N–H and O–H groups in total. The topological polar surface area (TPSA) is 50.7 Å². The summed E-state index contributed by atoms with van der Waals surface area (Å²) in [6, 6.07) is 7.75. The Hall–Kier alpha value is -0.970. The molecule has 0 heterocycles. The minimum atomic E-state index is -0.526. The van der Waals surface area contributed by atoms with E-state index < -0.39 is 6.10 Å². The van der Waals surface area contributed by atoms with E-state index >= 15 is 0 Å². The van der Waals surface area contributed by atoms with Crippen molar-refractivity contribution in [3.63, 3.8) is 0 Å². The van der Waals surface area contributed by atoms with E-state index in [0.29, 0.717) is 24.1 Å². The van der Waals surface area contributed by atoms with E-state index in [4.69, 9.17) is 9.47 Å². The van der Waals surface area contributed by atoms with Crippen LogP contribution in [0, 0.1) is 0 Å². The fourth-order valence-electron chi connectivity index (χ4n) is 1.35. The number of nitrogens with one attached hydrogen (secondary N) is 1. The summed E-state index contributed by atoms with van der Waals surface area (Å²) in [5.74, 6) is 1.33. The van der Waals surface area contributed by atoms with Gasteiger partial charge in [0.2, 0.25) is 0 Å². The SMILES string of the molecule is COc1ccccc1OC[C@H](O)CNC(C)C.Cl. The molecule has 104 valence electrons. The highest BCUT2D eigenvalue weighted by Crippen LogP contribution is 2.25. The van der Waals surface area contributed by atoms with Gasteiger partial charge in [-0.3, -0.25) is 0 Å². The molecule has 1 rings (SSSR count). The lowest BCUT2D eigenvalue weighted by molar-refractivity contribution is 0.103. The number of aliphatic hydroxyl groups is 1. The van der Waals surface area contributed by atoms with Crippen molar-refractivity contribution in [3.8, 4) is 11.5 Å². The van der Waals surface area contributed by atoms with Crippen molar-refractivity contribution in [2.45, 2.75) is 26.0 Å². The highest BCUT2D eigenvalue weighted by Gasteiger charge is 2.08. The number of hydrogen-bond donors (Lipinski definition) is 2. The Bertz CT molecular complexity index is 334. The van der Waals surface area contributed by atoms with Crippen LogP contribution < -0.4 is 14.8 Å². The molecule has 18 heavy (non-hydrogen) atoms. The Kier molecular flexibility index (Phi) is 8.54. The first kappa shape index (κ1) is 17.0. The molecule has 0 radical (unpaired) electrons. The zero-order chi connectivity index (χ0) is 12.7. The second-order valence-corrected chi connectivity index (χ2v) is 4.18. The molecule has 0 bridgehead atoms. The van der Waals surface area contributed by atoms with E-state index in [1.54, 1.807) is 7.11 Å². The van der Waals surface area contributed by atoms with Crippen molar-refractivity contribution in [2.24, 2.45) is 0 Å². The third-order valence-electron chi connectivity index (χ3n) is 2.26. The van der Waals surface area contributed by atoms with E-state index in [9.17, 15) is 5.11 Å². The monoisotopic (exact) mass is 275 g/mol. The first-order valence-corrected chi connectivity index (χ1v) is 5.80. The summed E-state index contributed by atoms with van der Waals surface area (Å²) in [6.07, 6.45) is -0.526. The van der Waals surface area contributed by atoms with Gasteiger partial charge in [0.05, 0.1) is 7.11 Å². The van der Waals surface area contributed by atoms with Crippen molar-refractivity contribution in [1.29, 1.82) is 0 Å². The predicted molar refractivity (Wildman–Crippen MR) is 74.9 cm³/mol. The summed E-state index contributed by atoms with van der Waals surface area (Å²) in [4.78, 5) is 0. The number of rotatable bonds is 7. The van der Waals surface area contributed by atoms with Crippen molar-refractivity contribution in [3.05, 3.63) is 24.3 Å². The quantitative estimate of drug-likeness (QED) is 0.797. The van der Waals surface area contributed by atoms with Gasteiger partial charge < -0.3 is 19.9 Å². The van der Waals surface area contributed by atoms with Crippen LogP contribution in [0.2, 0.25) is 0 Å². The molecule has 0 saturated heterocycles. The molecule has 1 aromatic rings. The lowest BCUT2D eigenvalue weighted by Gasteiger charge is -2.16. The summed E-state index contributed by atoms with van der Waals surface area (Å²) in [5, 5.41) is 12.8. The van der Waals surface area contributed by atoms with Crippen molar-refractivity contribution in [2.75, 3.05) is 20.3 Å². The lowest BCUT2D eigenvalue weighted by Crippen LogP contribution is -2.35. The molecule has 1 atom stereocenters. The van der Waals surface area contributed by atoms with Gasteiger partial charge in [0.15, 0.2) is 11.5 Å². The summed E-state index contributed by atoms with van der Waals surface area (Å²) < 4.78 is 10.7. The number of ether oxygens (including phenoxy) is 2. The largest absolute Gasteiger partial charge is 0.493 e. The number of benzene rings is 1. The van der Waals surface area contributed by atoms with Gasteiger partial charge >= 0.3 is 0 Å². The van der Waals surface area contributed by atoms with Crippen molar-refractivity contribution >= 4 is 12.4 Å². The maximum absolute atomic E-state index is 9.69. The minimum Gasteiger partial charge on any atom is -0.493 e. The molecule has 0 aliphatic heterocycles. The van der Waals surface area contributed by atoms with E-state index in [1.165, 1.54) is 0 Å². The van der Waals surface area contributed by atoms with E-state index in [0.717, 1.165) is 0 Å². The van der Waals surface area contributed by atoms with Crippen LogP contribution >= 0.6 is 12.4 Å². The summed E-state index contributed by atoms with van der Waals surface area (Å²) in [6.45, 7) is 4.84. The number of methoxy groups -OCH3 is 1. The van der Waals surface area contributed by atoms with Crippen LogP contribution in [0.15, 0.2) is 24.3 Å². The number of halogens is 1. The summed E-state index contributed by atoms with van der Waals surface area (Å²) >= 11 is 0. The van der Waals surface area contributed by atoms with Gasteiger partial charge in [0.25, 0.3) is 0 Å². The highest BCUT2D eigenvalue weighted by atomic mass is 35.5. The van der Waals surface area contributed by atoms with Crippen LogP contribution in [-0.4, -0.2) is 37.5 Å². The zero-order valence-corrected chi connectivity index (χ0v) is 11.9. The van der Waals surface area contributed by atoms with Crippen LogP contribution in [0.3, 0.4) is 0 Å². The summed E-state index contributed by atoms with van der Waals surface area (Å²) in [7, 11) is 1.60. The van der Waals surface area contributed by atoms with E-state index in [1.807, 2.05) is 38.1 Å². The van der Waals surface area contributed by atoms with Gasteiger partial charge in [-0.1, -0.05) is 26.0 Å². The van der Waals surface area contributed by atoms with Crippen molar-refractivity contribution in [1.82, 2.24) is 5.32 Å². The number of para-hydroxylation sites is 2. The van der Waals surface area contributed by atoms with Gasteiger partial charge in [-0.05, 0) is 12.1 Å². The number of aliphatic hydroxyl groups excluding tert-OH is 1. The maximum Gasteiger partial charge on any atom is 0.161 e. The Morgan fingerprint density at radius 2 is 1.83 bits per heavy atom. The van der Waals surface area contributed by atoms with Crippen LogP contribution in [0.4, 0.5) is 0 Å². The average molecular weight is 276 g/mol. The normalized spacial score (nSPS) is 11.8. The molecular formula is C13H22ClNO3. The van der Waals surface area contributed by atoms with Crippen LogP contribution in [0.1, 0.15) is 13.8 Å². The van der Waals surface area contributed by atoms with Crippen molar-refractivity contribution < 1.29 is 14.6 Å². The first-order chi connectivity index (χ1) is 8.13. The van der Waals surface area contributed by atoms with E-state index in [2.05, 4.69) is 5.32 Å². The molecule has 0 aliphatic carbocycles. The molecule has 0 aromatic heterocycles. The minimum absolute atomic E-state index is 0. The molecule has 0 fully saturated rings. The maximum atomic E-state index is 9.69. The fourth-order valence-corrected chi connectivity index (χ4v) is 1.35. The lowest BCUT2D eigenvalue weighted by atomic mass is 10.3. The highest BCUT2D eigenvalue weighted by molar-refractivity contribution is 5.85. The average Bonchev–Trinajstić information content (AvgIpc) is 2.34. The first-order valence-electron chi connectivity index (χ1n) is 5.80. The number of hydrogen-bond acceptors (Lipinski definition) is 4. The predicted octanol–water partition coefficient (Wildman–Crippen LogP) is 1.85. The molecule has 5 heteroatoms. The second-order valence-electron chi connectivity index (χ2n) is 4.18. The Labute approximate surface area is 115 Å². The molecule has 4 nitrogen and oxygen atoms in total. The fraction of sp³-hybridized carbons (Fsp3) is 0.538. The van der Waals surface area contributed by atoms with Gasteiger partial charge in [0.1, 0.15) is 12.7 Å². The second kappa shape index (κ2) is 9.03. The van der Waals surface area contributed by atoms with Crippen LogP contribution in [-0.2, 0) is 0 Å². The molecule has 0 spiro atoms. The standard InChI is InChI=1S/C13H21NO3.ClH/c1-10(2)14-8-11(15)9-17-13-7-5-4-6-12(13)16-3;/h4-7,10-11,14-15H,8-9H2,1-3H3;1H/t11-;/m1./s1. The smallest absolute Gasteiger partial charge is 0.161 e. The molecule has 0 amide bonds. The molecule has 0 saturated carbocycles. The van der Waals surface area contributed by atoms with Crippen LogP contribution in [0.25, 0.3) is 0 Å². The Morgan fingerprint density at radius 3 is 2.39 bits per heavy atom. The Morgan fingerprint density at radius 1 is 1.22 bits per heavy atom. The molecule has 0 aliphatic rings. The zero-order valence-electron chi connectivity index (χ0n) is 11.1. The third kappa shape index (κ3) is 6.10.